The average Bonchev–Trinajstić information content (AvgIpc) is 3.53. The van der Waals surface area contributed by atoms with Gasteiger partial charge in [-0.15, -0.1) is 11.3 Å². The number of nitrogens with zero attached hydrogens (tertiary/aromatic N) is 2. The number of thiazole rings is 1. The first-order valence-electron chi connectivity index (χ1n) is 10.6. The molecule has 4 aromatic rings. The minimum Gasteiger partial charge on any atom is -0.496 e. The van der Waals surface area contributed by atoms with Gasteiger partial charge < -0.3 is 20.1 Å². The van der Waals surface area contributed by atoms with E-state index < -0.39 is 12.0 Å². The van der Waals surface area contributed by atoms with Crippen molar-refractivity contribution in [3.63, 3.8) is 0 Å². The Kier molecular flexibility index (Phi) is 7.66. The molecule has 0 saturated carbocycles. The largest absolute Gasteiger partial charge is 0.496 e. The predicted molar refractivity (Wildman–Crippen MR) is 137 cm³/mol. The summed E-state index contributed by atoms with van der Waals surface area (Å²) in [5.74, 6) is -0.417. The second-order valence-corrected chi connectivity index (χ2v) is 9.56. The van der Waals surface area contributed by atoms with Crippen LogP contribution in [0.4, 0.5) is 15.6 Å². The van der Waals surface area contributed by atoms with E-state index in [2.05, 4.69) is 25.6 Å². The van der Waals surface area contributed by atoms with Gasteiger partial charge in [0.15, 0.2) is 16.1 Å². The minimum absolute atomic E-state index is 0.0143. The summed E-state index contributed by atoms with van der Waals surface area (Å²) in [6.07, 6.45) is 2.88. The fourth-order valence-corrected chi connectivity index (χ4v) is 4.92. The van der Waals surface area contributed by atoms with Crippen molar-refractivity contribution in [3.05, 3.63) is 82.1 Å². The van der Waals surface area contributed by atoms with Gasteiger partial charge in [-0.3, -0.25) is 10.1 Å². The number of aromatic carboxylic acids is 1. The molecule has 0 aliphatic rings. The van der Waals surface area contributed by atoms with Crippen molar-refractivity contribution in [3.8, 4) is 5.75 Å². The van der Waals surface area contributed by atoms with Crippen LogP contribution in [0.3, 0.4) is 0 Å². The molecule has 0 atom stereocenters. The maximum atomic E-state index is 13.3. The number of carbonyl (C=O) groups excluding carboxylic acids is 2. The van der Waals surface area contributed by atoms with Crippen molar-refractivity contribution >= 4 is 51.7 Å². The summed E-state index contributed by atoms with van der Waals surface area (Å²) in [7, 11) is 1.50. The lowest BCUT2D eigenvalue weighted by Crippen LogP contribution is -2.21. The molecule has 12 heteroatoms. The van der Waals surface area contributed by atoms with Crippen LogP contribution in [0.15, 0.2) is 60.0 Å². The Labute approximate surface area is 214 Å². The molecular weight excluding hydrogens is 502 g/mol. The van der Waals surface area contributed by atoms with E-state index in [4.69, 9.17) is 9.84 Å². The molecule has 10 nitrogen and oxygen atoms in total. The summed E-state index contributed by atoms with van der Waals surface area (Å²) >= 11 is 2.59. The number of benzene rings is 2. The molecule has 2 aromatic carbocycles. The van der Waals surface area contributed by atoms with E-state index in [9.17, 15) is 14.4 Å². The SMILES string of the molecule is COc1ccccc1C(=O)c1cc(C)ccc1NC(=O)Nc1ncc(CSc2ncc(C(=O)O)[nH]2)s1. The molecule has 2 aromatic heterocycles. The number of H-pyrrole nitrogens is 1. The number of hydrogen-bond acceptors (Lipinski definition) is 8. The molecule has 0 aliphatic heterocycles. The van der Waals surface area contributed by atoms with E-state index in [0.717, 1.165) is 10.4 Å². The van der Waals surface area contributed by atoms with Gasteiger partial charge in [0.2, 0.25) is 0 Å². The van der Waals surface area contributed by atoms with Crippen molar-refractivity contribution in [1.82, 2.24) is 15.0 Å². The molecule has 0 spiro atoms. The highest BCUT2D eigenvalue weighted by Crippen LogP contribution is 2.28. The molecule has 0 aliphatic carbocycles. The van der Waals surface area contributed by atoms with E-state index >= 15 is 0 Å². The number of rotatable bonds is 9. The zero-order valence-corrected chi connectivity index (χ0v) is 20.8. The highest BCUT2D eigenvalue weighted by molar-refractivity contribution is 7.98. The number of aromatic nitrogens is 3. The van der Waals surface area contributed by atoms with Gasteiger partial charge in [-0.05, 0) is 31.2 Å². The lowest BCUT2D eigenvalue weighted by molar-refractivity contribution is 0.0690. The standard InChI is InChI=1S/C24H21N5O5S2/c1-13-7-8-17(16(9-13)20(30)15-5-3-4-6-19(15)34-2)27-22(33)29-24-25-10-14(36-24)12-35-23-26-11-18(28-23)21(31)32/h3-11H,12H2,1-2H3,(H,26,28)(H,31,32)(H2,25,27,29,33). The van der Waals surface area contributed by atoms with Crippen LogP contribution in [0.5, 0.6) is 5.75 Å². The fraction of sp³-hybridized carbons (Fsp3) is 0.125. The van der Waals surface area contributed by atoms with E-state index in [1.807, 2.05) is 6.92 Å². The molecule has 0 saturated heterocycles. The minimum atomic E-state index is -1.08. The Morgan fingerprint density at radius 2 is 1.89 bits per heavy atom. The maximum absolute atomic E-state index is 13.3. The Morgan fingerprint density at radius 3 is 2.64 bits per heavy atom. The Balaban J connectivity index is 1.42. The van der Waals surface area contributed by atoms with Gasteiger partial charge in [0.25, 0.3) is 0 Å². The smallest absolute Gasteiger partial charge is 0.353 e. The third kappa shape index (κ3) is 5.90. The van der Waals surface area contributed by atoms with Crippen molar-refractivity contribution in [1.29, 1.82) is 0 Å². The topological polar surface area (TPSA) is 146 Å². The van der Waals surface area contributed by atoms with Gasteiger partial charge in [0, 0.05) is 22.4 Å². The number of urea groups is 1. The van der Waals surface area contributed by atoms with Crippen LogP contribution in [0.2, 0.25) is 0 Å². The number of anilines is 2. The van der Waals surface area contributed by atoms with Crippen molar-refractivity contribution in [2.24, 2.45) is 0 Å². The number of carboxylic acids is 1. The van der Waals surface area contributed by atoms with Gasteiger partial charge in [0.1, 0.15) is 11.4 Å². The van der Waals surface area contributed by atoms with Crippen LogP contribution in [-0.2, 0) is 5.75 Å². The summed E-state index contributed by atoms with van der Waals surface area (Å²) in [5, 5.41) is 15.2. The van der Waals surface area contributed by atoms with Crippen LogP contribution in [0.1, 0.15) is 36.9 Å². The predicted octanol–water partition coefficient (Wildman–Crippen LogP) is 5.05. The van der Waals surface area contributed by atoms with E-state index in [1.54, 1.807) is 48.7 Å². The molecule has 0 bridgehead atoms. The van der Waals surface area contributed by atoms with Crippen molar-refractivity contribution in [2.45, 2.75) is 17.8 Å². The monoisotopic (exact) mass is 523 g/mol. The number of carbonyl (C=O) groups is 3. The Bertz CT molecular complexity index is 1430. The van der Waals surface area contributed by atoms with Crippen LogP contribution in [0.25, 0.3) is 0 Å². The first-order valence-corrected chi connectivity index (χ1v) is 12.4. The van der Waals surface area contributed by atoms with Crippen LogP contribution in [-0.4, -0.2) is 45.0 Å². The highest BCUT2D eigenvalue weighted by atomic mass is 32.2. The molecule has 0 fully saturated rings. The zero-order chi connectivity index (χ0) is 25.7. The number of carboxylic acid groups (broad SMARTS) is 1. The van der Waals surface area contributed by atoms with E-state index in [0.29, 0.717) is 38.6 Å². The van der Waals surface area contributed by atoms with Crippen molar-refractivity contribution < 1.29 is 24.2 Å². The number of hydrogen-bond donors (Lipinski definition) is 4. The Morgan fingerprint density at radius 1 is 1.08 bits per heavy atom. The number of methoxy groups -OCH3 is 1. The maximum Gasteiger partial charge on any atom is 0.353 e. The molecule has 184 valence electrons. The number of thioether (sulfide) groups is 1. The summed E-state index contributed by atoms with van der Waals surface area (Å²) < 4.78 is 5.32. The van der Waals surface area contributed by atoms with Gasteiger partial charge in [0.05, 0.1) is 24.6 Å². The molecule has 2 amide bonds. The Hall–Kier alpha value is -4.16. The number of ketones is 1. The second kappa shape index (κ2) is 11.1. The quantitative estimate of drug-likeness (QED) is 0.176. The molecule has 0 radical (unpaired) electrons. The number of aryl methyl sites for hydroxylation is 1. The van der Waals surface area contributed by atoms with Crippen LogP contribution in [0, 0.1) is 6.92 Å². The lowest BCUT2D eigenvalue weighted by Gasteiger charge is -2.13. The molecule has 2 heterocycles. The molecule has 0 unspecified atom stereocenters. The number of amides is 2. The summed E-state index contributed by atoms with van der Waals surface area (Å²) in [5.41, 5.74) is 1.97. The van der Waals surface area contributed by atoms with Gasteiger partial charge in [-0.25, -0.2) is 19.6 Å². The van der Waals surface area contributed by atoms with Gasteiger partial charge in [-0.1, -0.05) is 35.5 Å². The zero-order valence-electron chi connectivity index (χ0n) is 19.2. The first kappa shape index (κ1) is 24.9. The summed E-state index contributed by atoms with van der Waals surface area (Å²) in [6.45, 7) is 1.86. The van der Waals surface area contributed by atoms with Crippen LogP contribution < -0.4 is 15.4 Å². The third-order valence-corrected chi connectivity index (χ3v) is 6.96. The van der Waals surface area contributed by atoms with Gasteiger partial charge >= 0.3 is 12.0 Å². The fourth-order valence-electron chi connectivity index (χ4n) is 3.24. The van der Waals surface area contributed by atoms with Crippen LogP contribution >= 0.6 is 23.1 Å². The summed E-state index contributed by atoms with van der Waals surface area (Å²) in [4.78, 5) is 48.7. The number of aromatic amines is 1. The first-order chi connectivity index (χ1) is 17.3. The van der Waals surface area contributed by atoms with Crippen molar-refractivity contribution in [2.75, 3.05) is 17.7 Å². The van der Waals surface area contributed by atoms with E-state index in [-0.39, 0.29) is 11.5 Å². The molecule has 4 rings (SSSR count). The highest BCUT2D eigenvalue weighted by Gasteiger charge is 2.19. The summed E-state index contributed by atoms with van der Waals surface area (Å²) in [6, 6.07) is 11.6. The number of nitrogens with one attached hydrogen (secondary N) is 3. The normalized spacial score (nSPS) is 10.6. The number of imidazole rings is 1. The number of para-hydroxylation sites is 1. The second-order valence-electron chi connectivity index (χ2n) is 7.49. The average molecular weight is 524 g/mol. The third-order valence-electron chi connectivity index (χ3n) is 4.93. The molecule has 36 heavy (non-hydrogen) atoms. The molecule has 4 N–H and O–H groups in total. The number of ether oxygens (including phenoxy) is 1. The lowest BCUT2D eigenvalue weighted by atomic mass is 9.99. The van der Waals surface area contributed by atoms with E-state index in [1.165, 1.54) is 36.4 Å². The molecular formula is C24H21N5O5S2. The van der Waals surface area contributed by atoms with Gasteiger partial charge in [-0.2, -0.15) is 0 Å².